The Labute approximate surface area is 101 Å². The summed E-state index contributed by atoms with van der Waals surface area (Å²) in [6.07, 6.45) is -0.709. The number of sulfonamides is 1. The smallest absolute Gasteiger partial charge is 0.242 e. The Morgan fingerprint density at radius 3 is 2.62 bits per heavy atom. The maximum absolute atomic E-state index is 12.0. The van der Waals surface area contributed by atoms with Crippen LogP contribution in [0.15, 0.2) is 29.2 Å². The molecule has 90 valence electrons. The van der Waals surface area contributed by atoms with Gasteiger partial charge in [-0.2, -0.15) is 4.31 Å². The third kappa shape index (κ3) is 3.18. The summed E-state index contributed by atoms with van der Waals surface area (Å²) >= 11 is 5.73. The molecule has 1 aromatic carbocycles. The maximum atomic E-state index is 12.0. The van der Waals surface area contributed by atoms with E-state index in [2.05, 4.69) is 0 Å². The number of benzene rings is 1. The zero-order valence-corrected chi connectivity index (χ0v) is 10.7. The lowest BCUT2D eigenvalue weighted by molar-refractivity contribution is 0.171. The van der Waals surface area contributed by atoms with Gasteiger partial charge in [-0.05, 0) is 25.1 Å². The normalized spacial score (nSPS) is 14.1. The Kier molecular flexibility index (Phi) is 4.32. The van der Waals surface area contributed by atoms with Crippen molar-refractivity contribution in [2.45, 2.75) is 17.9 Å². The van der Waals surface area contributed by atoms with Crippen LogP contribution in [-0.2, 0) is 10.0 Å². The van der Waals surface area contributed by atoms with Gasteiger partial charge in [-0.15, -0.1) is 0 Å². The molecule has 4 nitrogen and oxygen atoms in total. The van der Waals surface area contributed by atoms with E-state index < -0.39 is 16.1 Å². The summed E-state index contributed by atoms with van der Waals surface area (Å²) in [5.74, 6) is 0. The fourth-order valence-corrected chi connectivity index (χ4v) is 2.83. The molecule has 0 bridgehead atoms. The first-order chi connectivity index (χ1) is 7.34. The summed E-state index contributed by atoms with van der Waals surface area (Å²) < 4.78 is 25.1. The minimum absolute atomic E-state index is 0.0504. The van der Waals surface area contributed by atoms with Gasteiger partial charge in [-0.1, -0.05) is 17.7 Å². The van der Waals surface area contributed by atoms with Gasteiger partial charge in [0.2, 0.25) is 10.0 Å². The van der Waals surface area contributed by atoms with Crippen LogP contribution in [0.3, 0.4) is 0 Å². The molecule has 0 fully saturated rings. The summed E-state index contributed by atoms with van der Waals surface area (Å²) in [6, 6.07) is 6.04. The highest BCUT2D eigenvalue weighted by atomic mass is 35.5. The van der Waals surface area contributed by atoms with Gasteiger partial charge in [0.25, 0.3) is 0 Å². The molecule has 0 aliphatic rings. The lowest BCUT2D eigenvalue weighted by atomic mass is 10.4. The van der Waals surface area contributed by atoms with E-state index in [1.54, 1.807) is 12.1 Å². The molecule has 1 unspecified atom stereocenters. The van der Waals surface area contributed by atoms with Crippen molar-refractivity contribution in [3.05, 3.63) is 29.3 Å². The maximum Gasteiger partial charge on any atom is 0.242 e. The van der Waals surface area contributed by atoms with Crippen LogP contribution < -0.4 is 0 Å². The number of hydrogen-bond donors (Lipinski definition) is 1. The summed E-state index contributed by atoms with van der Waals surface area (Å²) in [5.41, 5.74) is 0. The SMILES string of the molecule is CC(O)CN(C)S(=O)(=O)c1cccc(Cl)c1. The Morgan fingerprint density at radius 2 is 2.12 bits per heavy atom. The van der Waals surface area contributed by atoms with E-state index in [4.69, 9.17) is 16.7 Å². The molecule has 1 aromatic rings. The van der Waals surface area contributed by atoms with Crippen LogP contribution >= 0.6 is 11.6 Å². The highest BCUT2D eigenvalue weighted by Crippen LogP contribution is 2.18. The topological polar surface area (TPSA) is 57.6 Å². The van der Waals surface area contributed by atoms with Crippen LogP contribution in [0.1, 0.15) is 6.92 Å². The predicted octanol–water partition coefficient (Wildman–Crippen LogP) is 1.34. The molecule has 0 amide bonds. The summed E-state index contributed by atoms with van der Waals surface area (Å²) in [4.78, 5) is 0.128. The molecule has 0 aromatic heterocycles. The monoisotopic (exact) mass is 263 g/mol. The lowest BCUT2D eigenvalue weighted by Gasteiger charge is -2.18. The van der Waals surface area contributed by atoms with Gasteiger partial charge < -0.3 is 5.11 Å². The number of halogens is 1. The minimum atomic E-state index is -3.57. The Bertz CT molecular complexity index is 459. The van der Waals surface area contributed by atoms with Gasteiger partial charge >= 0.3 is 0 Å². The molecule has 1 rings (SSSR count). The summed E-state index contributed by atoms with van der Waals surface area (Å²) in [6.45, 7) is 1.58. The first-order valence-electron chi connectivity index (χ1n) is 4.74. The molecule has 0 saturated heterocycles. The second kappa shape index (κ2) is 5.14. The molecule has 6 heteroatoms. The molecule has 0 aliphatic heterocycles. The highest BCUT2D eigenvalue weighted by molar-refractivity contribution is 7.89. The summed E-state index contributed by atoms with van der Waals surface area (Å²) in [5, 5.41) is 9.52. The summed E-state index contributed by atoms with van der Waals surface area (Å²) in [7, 11) is -2.15. The fourth-order valence-electron chi connectivity index (χ4n) is 1.28. The van der Waals surface area contributed by atoms with Crippen molar-refractivity contribution >= 4 is 21.6 Å². The van der Waals surface area contributed by atoms with Crippen molar-refractivity contribution in [3.63, 3.8) is 0 Å². The van der Waals surface area contributed by atoms with E-state index in [-0.39, 0.29) is 11.4 Å². The number of likely N-dealkylation sites (N-methyl/N-ethyl adjacent to an activating group) is 1. The van der Waals surface area contributed by atoms with E-state index in [0.29, 0.717) is 5.02 Å². The van der Waals surface area contributed by atoms with Crippen molar-refractivity contribution in [1.29, 1.82) is 0 Å². The van der Waals surface area contributed by atoms with Crippen LogP contribution in [0.2, 0.25) is 5.02 Å². The average molecular weight is 264 g/mol. The van der Waals surface area contributed by atoms with E-state index in [1.165, 1.54) is 26.1 Å². The molecule has 16 heavy (non-hydrogen) atoms. The molecular formula is C10H14ClNO3S. The second-order valence-corrected chi connectivity index (χ2v) is 6.07. The largest absolute Gasteiger partial charge is 0.392 e. The van der Waals surface area contributed by atoms with Gasteiger partial charge in [-0.3, -0.25) is 0 Å². The molecule has 0 spiro atoms. The van der Waals surface area contributed by atoms with Gasteiger partial charge in [0.1, 0.15) is 0 Å². The highest BCUT2D eigenvalue weighted by Gasteiger charge is 2.21. The van der Waals surface area contributed by atoms with Crippen LogP contribution in [0.5, 0.6) is 0 Å². The number of aliphatic hydroxyl groups excluding tert-OH is 1. The Hall–Kier alpha value is -0.620. The van der Waals surface area contributed by atoms with Gasteiger partial charge in [-0.25, -0.2) is 8.42 Å². The lowest BCUT2D eigenvalue weighted by Crippen LogP contribution is -2.33. The number of hydrogen-bond acceptors (Lipinski definition) is 3. The van der Waals surface area contributed by atoms with E-state index in [0.717, 1.165) is 4.31 Å². The zero-order valence-electron chi connectivity index (χ0n) is 9.09. The van der Waals surface area contributed by atoms with E-state index in [1.807, 2.05) is 0 Å². The third-order valence-electron chi connectivity index (χ3n) is 2.03. The third-order valence-corrected chi connectivity index (χ3v) is 4.08. The Morgan fingerprint density at radius 1 is 1.50 bits per heavy atom. The van der Waals surface area contributed by atoms with Crippen molar-refractivity contribution in [3.8, 4) is 0 Å². The van der Waals surface area contributed by atoms with E-state index in [9.17, 15) is 8.42 Å². The minimum Gasteiger partial charge on any atom is -0.392 e. The van der Waals surface area contributed by atoms with Crippen LogP contribution in [0.4, 0.5) is 0 Å². The number of aliphatic hydroxyl groups is 1. The molecule has 1 atom stereocenters. The molecule has 0 saturated carbocycles. The van der Waals surface area contributed by atoms with Crippen molar-refractivity contribution < 1.29 is 13.5 Å². The average Bonchev–Trinajstić information content (AvgIpc) is 2.16. The van der Waals surface area contributed by atoms with Gasteiger partial charge in [0.05, 0.1) is 11.0 Å². The quantitative estimate of drug-likeness (QED) is 0.892. The van der Waals surface area contributed by atoms with Gasteiger partial charge in [0, 0.05) is 18.6 Å². The zero-order chi connectivity index (χ0) is 12.3. The molecule has 0 aliphatic carbocycles. The van der Waals surface area contributed by atoms with Crippen LogP contribution in [-0.4, -0.2) is 37.5 Å². The van der Waals surface area contributed by atoms with E-state index >= 15 is 0 Å². The molecular weight excluding hydrogens is 250 g/mol. The first-order valence-corrected chi connectivity index (χ1v) is 6.56. The standard InChI is InChI=1S/C10H14ClNO3S/c1-8(13)7-12(2)16(14,15)10-5-3-4-9(11)6-10/h3-6,8,13H,7H2,1-2H3. The van der Waals surface area contributed by atoms with Gasteiger partial charge in [0.15, 0.2) is 0 Å². The van der Waals surface area contributed by atoms with Crippen LogP contribution in [0, 0.1) is 0 Å². The van der Waals surface area contributed by atoms with Crippen molar-refractivity contribution in [2.24, 2.45) is 0 Å². The molecule has 0 heterocycles. The first kappa shape index (κ1) is 13.4. The van der Waals surface area contributed by atoms with Crippen molar-refractivity contribution in [2.75, 3.05) is 13.6 Å². The predicted molar refractivity (Wildman–Crippen MR) is 62.9 cm³/mol. The molecule has 1 N–H and O–H groups in total. The molecule has 0 radical (unpaired) electrons. The fraction of sp³-hybridized carbons (Fsp3) is 0.400. The van der Waals surface area contributed by atoms with Crippen molar-refractivity contribution in [1.82, 2.24) is 4.31 Å². The number of rotatable bonds is 4. The van der Waals surface area contributed by atoms with Crippen LogP contribution in [0.25, 0.3) is 0 Å². The Balaban J connectivity index is 3.02. The second-order valence-electron chi connectivity index (χ2n) is 3.59. The number of nitrogens with zero attached hydrogens (tertiary/aromatic N) is 1.